The Kier molecular flexibility index (Phi) is 5.97. The van der Waals surface area contributed by atoms with Crippen molar-refractivity contribution < 1.29 is 8.42 Å². The second-order valence-corrected chi connectivity index (χ2v) is 6.62. The third-order valence-electron chi connectivity index (χ3n) is 2.97. The van der Waals surface area contributed by atoms with E-state index in [0.29, 0.717) is 18.0 Å². The summed E-state index contributed by atoms with van der Waals surface area (Å²) >= 11 is 0. The van der Waals surface area contributed by atoms with E-state index in [1.165, 1.54) is 4.31 Å². The number of sulfonamides is 1. The molecule has 1 aromatic rings. The van der Waals surface area contributed by atoms with Crippen LogP contribution in [0, 0.1) is 0 Å². The Bertz CT molecular complexity index is 498. The van der Waals surface area contributed by atoms with Gasteiger partial charge in [-0.15, -0.1) is 0 Å². The minimum absolute atomic E-state index is 0.0348. The van der Waals surface area contributed by atoms with Gasteiger partial charge in [0.05, 0.1) is 4.90 Å². The van der Waals surface area contributed by atoms with Crippen LogP contribution in [0.4, 0.5) is 0 Å². The van der Waals surface area contributed by atoms with E-state index >= 15 is 0 Å². The second-order valence-electron chi connectivity index (χ2n) is 4.73. The van der Waals surface area contributed by atoms with E-state index in [0.717, 1.165) is 12.1 Å². The van der Waals surface area contributed by atoms with Gasteiger partial charge in [-0.3, -0.25) is 0 Å². The predicted octanol–water partition coefficient (Wildman–Crippen LogP) is 2.22. The lowest BCUT2D eigenvalue weighted by atomic mass is 10.2. The summed E-state index contributed by atoms with van der Waals surface area (Å²) in [6.45, 7) is 9.71. The number of hydrogen-bond donors (Lipinski definition) is 1. The molecule has 0 aliphatic rings. The van der Waals surface area contributed by atoms with Gasteiger partial charge in [-0.2, -0.15) is 4.31 Å². The molecule has 1 N–H and O–H groups in total. The Hall–Kier alpha value is -0.910. The molecule has 108 valence electrons. The molecule has 0 aliphatic carbocycles. The molecule has 19 heavy (non-hydrogen) atoms. The zero-order valence-electron chi connectivity index (χ0n) is 12.2. The van der Waals surface area contributed by atoms with Gasteiger partial charge in [0.15, 0.2) is 0 Å². The average Bonchev–Trinajstić information content (AvgIpc) is 2.36. The van der Waals surface area contributed by atoms with Crippen LogP contribution in [0.2, 0.25) is 0 Å². The molecule has 4 nitrogen and oxygen atoms in total. The lowest BCUT2D eigenvalue weighted by Gasteiger charge is -2.24. The summed E-state index contributed by atoms with van der Waals surface area (Å²) < 4.78 is 26.6. The average molecular weight is 284 g/mol. The number of nitrogens with zero attached hydrogens (tertiary/aromatic N) is 1. The molecule has 0 spiro atoms. The Labute approximate surface area is 116 Å². The monoisotopic (exact) mass is 284 g/mol. The fourth-order valence-electron chi connectivity index (χ4n) is 2.03. The van der Waals surface area contributed by atoms with E-state index in [-0.39, 0.29) is 6.04 Å². The first kappa shape index (κ1) is 16.1. The number of hydrogen-bond acceptors (Lipinski definition) is 3. The van der Waals surface area contributed by atoms with E-state index in [4.69, 9.17) is 0 Å². The highest BCUT2D eigenvalue weighted by Gasteiger charge is 2.25. The maximum atomic E-state index is 12.5. The van der Waals surface area contributed by atoms with Crippen LogP contribution in [0.3, 0.4) is 0 Å². The van der Waals surface area contributed by atoms with Gasteiger partial charge in [0.25, 0.3) is 0 Å². The van der Waals surface area contributed by atoms with Gasteiger partial charge in [0, 0.05) is 19.1 Å². The first-order valence-electron chi connectivity index (χ1n) is 6.75. The summed E-state index contributed by atoms with van der Waals surface area (Å²) in [5.41, 5.74) is 0.989. The number of nitrogens with one attached hydrogen (secondary N) is 1. The smallest absolute Gasteiger partial charge is 0.243 e. The molecule has 0 heterocycles. The van der Waals surface area contributed by atoms with Gasteiger partial charge >= 0.3 is 0 Å². The van der Waals surface area contributed by atoms with Gasteiger partial charge in [0.1, 0.15) is 0 Å². The lowest BCUT2D eigenvalue weighted by Crippen LogP contribution is -2.36. The largest absolute Gasteiger partial charge is 0.313 e. The molecule has 0 amide bonds. The Morgan fingerprint density at radius 2 is 1.95 bits per heavy atom. The molecule has 0 radical (unpaired) electrons. The summed E-state index contributed by atoms with van der Waals surface area (Å²) in [6, 6.07) is 7.12. The van der Waals surface area contributed by atoms with Crippen molar-refractivity contribution in [2.45, 2.75) is 45.2 Å². The topological polar surface area (TPSA) is 49.4 Å². The van der Waals surface area contributed by atoms with Crippen LogP contribution in [0.5, 0.6) is 0 Å². The van der Waals surface area contributed by atoms with Gasteiger partial charge in [0.2, 0.25) is 10.0 Å². The van der Waals surface area contributed by atoms with Gasteiger partial charge in [-0.25, -0.2) is 8.42 Å². The first-order valence-corrected chi connectivity index (χ1v) is 8.19. The standard InChI is InChI=1S/C14H24N2O2S/c1-5-15-11-13-8-7-9-14(10-13)19(17,18)16(6-2)12(3)4/h7-10,12,15H,5-6,11H2,1-4H3. The van der Waals surface area contributed by atoms with E-state index < -0.39 is 10.0 Å². The van der Waals surface area contributed by atoms with Crippen LogP contribution < -0.4 is 5.32 Å². The van der Waals surface area contributed by atoms with E-state index in [2.05, 4.69) is 5.32 Å². The summed E-state index contributed by atoms with van der Waals surface area (Å²) in [6.07, 6.45) is 0. The predicted molar refractivity (Wildman–Crippen MR) is 78.5 cm³/mol. The zero-order valence-corrected chi connectivity index (χ0v) is 13.0. The van der Waals surface area contributed by atoms with Crippen molar-refractivity contribution >= 4 is 10.0 Å². The van der Waals surface area contributed by atoms with Crippen molar-refractivity contribution in [3.8, 4) is 0 Å². The highest BCUT2D eigenvalue weighted by Crippen LogP contribution is 2.19. The molecule has 1 aromatic carbocycles. The Morgan fingerprint density at radius 1 is 1.26 bits per heavy atom. The van der Waals surface area contributed by atoms with Crippen molar-refractivity contribution in [3.63, 3.8) is 0 Å². The van der Waals surface area contributed by atoms with Crippen LogP contribution >= 0.6 is 0 Å². The van der Waals surface area contributed by atoms with Gasteiger partial charge < -0.3 is 5.32 Å². The fourth-order valence-corrected chi connectivity index (χ4v) is 3.75. The molecule has 0 bridgehead atoms. The molecule has 0 unspecified atom stereocenters. The highest BCUT2D eigenvalue weighted by atomic mass is 32.2. The maximum absolute atomic E-state index is 12.5. The Morgan fingerprint density at radius 3 is 2.47 bits per heavy atom. The number of benzene rings is 1. The Balaban J connectivity index is 3.07. The summed E-state index contributed by atoms with van der Waals surface area (Å²) in [7, 11) is -3.39. The van der Waals surface area contributed by atoms with Crippen LogP contribution in [0.25, 0.3) is 0 Å². The SMILES string of the molecule is CCNCc1cccc(S(=O)(=O)N(CC)C(C)C)c1. The third-order valence-corrected chi connectivity index (χ3v) is 5.12. The summed E-state index contributed by atoms with van der Waals surface area (Å²) in [5.74, 6) is 0. The van der Waals surface area contributed by atoms with Gasteiger partial charge in [-0.05, 0) is 38.1 Å². The quantitative estimate of drug-likeness (QED) is 0.835. The molecule has 5 heteroatoms. The third kappa shape index (κ3) is 4.03. The maximum Gasteiger partial charge on any atom is 0.243 e. The number of rotatable bonds is 7. The summed E-state index contributed by atoms with van der Waals surface area (Å²) in [4.78, 5) is 0.374. The van der Waals surface area contributed by atoms with Crippen molar-refractivity contribution in [1.82, 2.24) is 9.62 Å². The van der Waals surface area contributed by atoms with E-state index in [1.807, 2.05) is 33.8 Å². The van der Waals surface area contributed by atoms with Crippen LogP contribution in [-0.4, -0.2) is 31.9 Å². The molecular weight excluding hydrogens is 260 g/mol. The zero-order chi connectivity index (χ0) is 14.5. The minimum atomic E-state index is -3.39. The van der Waals surface area contributed by atoms with E-state index in [1.54, 1.807) is 18.2 Å². The molecule has 0 atom stereocenters. The highest BCUT2D eigenvalue weighted by molar-refractivity contribution is 7.89. The van der Waals surface area contributed by atoms with Gasteiger partial charge in [-0.1, -0.05) is 26.0 Å². The first-order chi connectivity index (χ1) is 8.93. The molecular formula is C14H24N2O2S. The molecule has 0 aliphatic heterocycles. The summed E-state index contributed by atoms with van der Waals surface area (Å²) in [5, 5.41) is 3.20. The molecule has 1 rings (SSSR count). The van der Waals surface area contributed by atoms with Crippen LogP contribution in [-0.2, 0) is 16.6 Å². The van der Waals surface area contributed by atoms with Crippen LogP contribution in [0.15, 0.2) is 29.2 Å². The molecule has 0 aromatic heterocycles. The van der Waals surface area contributed by atoms with Crippen LogP contribution in [0.1, 0.15) is 33.3 Å². The van der Waals surface area contributed by atoms with E-state index in [9.17, 15) is 8.42 Å². The van der Waals surface area contributed by atoms with Crippen molar-refractivity contribution in [3.05, 3.63) is 29.8 Å². The normalized spacial score (nSPS) is 12.3. The van der Waals surface area contributed by atoms with Crippen molar-refractivity contribution in [1.29, 1.82) is 0 Å². The second kappa shape index (κ2) is 7.03. The molecule has 0 fully saturated rings. The molecule has 0 saturated carbocycles. The van der Waals surface area contributed by atoms with Crippen molar-refractivity contribution in [2.75, 3.05) is 13.1 Å². The lowest BCUT2D eigenvalue weighted by molar-refractivity contribution is 0.369. The fraction of sp³-hybridized carbons (Fsp3) is 0.571. The van der Waals surface area contributed by atoms with Crippen molar-refractivity contribution in [2.24, 2.45) is 0 Å². The molecule has 0 saturated heterocycles. The minimum Gasteiger partial charge on any atom is -0.313 e.